The number of hydrogen-bond donors (Lipinski definition) is 1. The second kappa shape index (κ2) is 7.86. The normalized spacial score (nSPS) is 18.8. The van der Waals surface area contributed by atoms with Crippen molar-refractivity contribution in [1.29, 1.82) is 0 Å². The Bertz CT molecular complexity index is 820. The summed E-state index contributed by atoms with van der Waals surface area (Å²) in [6, 6.07) is 10.0. The first-order valence-electron chi connectivity index (χ1n) is 8.02. The lowest BCUT2D eigenvalue weighted by Crippen LogP contribution is -2.45. The van der Waals surface area contributed by atoms with Crippen molar-refractivity contribution < 1.29 is 13.2 Å². The van der Waals surface area contributed by atoms with Crippen molar-refractivity contribution in [1.82, 2.24) is 9.62 Å². The number of benzene rings is 1. The minimum absolute atomic E-state index is 0.0931. The molecule has 8 heteroatoms. The molecule has 1 aromatic carbocycles. The van der Waals surface area contributed by atoms with Crippen molar-refractivity contribution in [2.45, 2.75) is 24.3 Å². The molecule has 0 radical (unpaired) electrons. The minimum atomic E-state index is -3.61. The molecule has 1 N–H and O–H groups in total. The van der Waals surface area contributed by atoms with Crippen LogP contribution in [0.2, 0.25) is 5.02 Å². The van der Waals surface area contributed by atoms with Gasteiger partial charge >= 0.3 is 0 Å². The van der Waals surface area contributed by atoms with Gasteiger partial charge in [0.15, 0.2) is 0 Å². The van der Waals surface area contributed by atoms with E-state index >= 15 is 0 Å². The summed E-state index contributed by atoms with van der Waals surface area (Å²) in [6.45, 7) is 1.12. The Hall–Kier alpha value is -1.41. The van der Waals surface area contributed by atoms with Gasteiger partial charge in [-0.05, 0) is 48.6 Å². The summed E-state index contributed by atoms with van der Waals surface area (Å²) in [7, 11) is -3.61. The average Bonchev–Trinajstić information content (AvgIpc) is 3.14. The van der Waals surface area contributed by atoms with Gasteiger partial charge in [0.25, 0.3) is 0 Å². The lowest BCUT2D eigenvalue weighted by atomic mass is 9.99. The highest BCUT2D eigenvalue weighted by atomic mass is 35.5. The number of nitrogens with zero attached hydrogens (tertiary/aromatic N) is 1. The van der Waals surface area contributed by atoms with Crippen LogP contribution in [0.1, 0.15) is 17.7 Å². The number of carbonyl (C=O) groups excluding carboxylic acids is 1. The van der Waals surface area contributed by atoms with Crippen LogP contribution in [0.15, 0.2) is 46.7 Å². The Morgan fingerprint density at radius 1 is 1.28 bits per heavy atom. The van der Waals surface area contributed by atoms with E-state index in [0.29, 0.717) is 31.0 Å². The first-order valence-corrected chi connectivity index (χ1v) is 10.7. The van der Waals surface area contributed by atoms with E-state index in [2.05, 4.69) is 5.32 Å². The standard InChI is InChI=1S/C17H19ClN2O3S2/c18-14-5-7-16(8-6-14)25(22,23)20-9-1-3-13(12-20)17(21)19-11-15-4-2-10-24-15/h2,4-8,10,13H,1,3,9,11-12H2,(H,19,21). The first kappa shape index (κ1) is 18.4. The first-order chi connectivity index (χ1) is 12.0. The molecule has 3 rings (SSSR count). The van der Waals surface area contributed by atoms with Gasteiger partial charge in [-0.15, -0.1) is 11.3 Å². The van der Waals surface area contributed by atoms with E-state index in [1.165, 1.54) is 16.4 Å². The predicted octanol–water partition coefficient (Wildman–Crippen LogP) is 3.12. The second-order valence-electron chi connectivity index (χ2n) is 5.95. The van der Waals surface area contributed by atoms with Crippen LogP contribution in [-0.2, 0) is 21.4 Å². The average molecular weight is 399 g/mol. The highest BCUT2D eigenvalue weighted by Gasteiger charge is 2.33. The number of carbonyl (C=O) groups is 1. The molecule has 134 valence electrons. The third-order valence-corrected chi connectivity index (χ3v) is 7.23. The molecule has 0 spiro atoms. The van der Waals surface area contributed by atoms with Crippen LogP contribution in [0.3, 0.4) is 0 Å². The molecule has 1 atom stereocenters. The van der Waals surface area contributed by atoms with Crippen molar-refractivity contribution in [3.05, 3.63) is 51.7 Å². The van der Waals surface area contributed by atoms with Crippen molar-refractivity contribution in [3.8, 4) is 0 Å². The number of halogens is 1. The summed E-state index contributed by atoms with van der Waals surface area (Å²) in [5.41, 5.74) is 0. The molecule has 0 aliphatic carbocycles. The maximum Gasteiger partial charge on any atom is 0.243 e. The molecule has 5 nitrogen and oxygen atoms in total. The van der Waals surface area contributed by atoms with Gasteiger partial charge in [-0.3, -0.25) is 4.79 Å². The number of amides is 1. The van der Waals surface area contributed by atoms with E-state index in [-0.39, 0.29) is 23.3 Å². The number of thiophene rings is 1. The van der Waals surface area contributed by atoms with Gasteiger partial charge < -0.3 is 5.32 Å². The SMILES string of the molecule is O=C(NCc1cccs1)C1CCCN(S(=O)(=O)c2ccc(Cl)cc2)C1. The Morgan fingerprint density at radius 3 is 2.72 bits per heavy atom. The number of nitrogens with one attached hydrogen (secondary N) is 1. The maximum atomic E-state index is 12.8. The Balaban J connectivity index is 1.65. The zero-order valence-electron chi connectivity index (χ0n) is 13.5. The van der Waals surface area contributed by atoms with Gasteiger partial charge in [-0.25, -0.2) is 8.42 Å². The fourth-order valence-corrected chi connectivity index (χ4v) is 5.16. The Kier molecular flexibility index (Phi) is 5.78. The largest absolute Gasteiger partial charge is 0.351 e. The van der Waals surface area contributed by atoms with E-state index in [0.717, 1.165) is 4.88 Å². The van der Waals surface area contributed by atoms with Crippen LogP contribution < -0.4 is 5.32 Å². The number of piperidine rings is 1. The van der Waals surface area contributed by atoms with Gasteiger partial charge in [0.05, 0.1) is 17.4 Å². The van der Waals surface area contributed by atoms with Gasteiger partial charge in [0, 0.05) is 23.0 Å². The quantitative estimate of drug-likeness (QED) is 0.841. The highest BCUT2D eigenvalue weighted by Crippen LogP contribution is 2.25. The summed E-state index contributed by atoms with van der Waals surface area (Å²) >= 11 is 7.41. The summed E-state index contributed by atoms with van der Waals surface area (Å²) in [5.74, 6) is -0.416. The topological polar surface area (TPSA) is 66.5 Å². The van der Waals surface area contributed by atoms with E-state index in [9.17, 15) is 13.2 Å². The summed E-state index contributed by atoms with van der Waals surface area (Å²) < 4.78 is 26.9. The molecule has 1 fully saturated rings. The molecule has 1 amide bonds. The van der Waals surface area contributed by atoms with E-state index in [1.807, 2.05) is 17.5 Å². The monoisotopic (exact) mass is 398 g/mol. The molecule has 0 bridgehead atoms. The van der Waals surface area contributed by atoms with Gasteiger partial charge in [0.2, 0.25) is 15.9 Å². The molecular weight excluding hydrogens is 380 g/mol. The van der Waals surface area contributed by atoms with E-state index < -0.39 is 10.0 Å². The molecule has 1 aliphatic heterocycles. The van der Waals surface area contributed by atoms with Crippen LogP contribution in [0.25, 0.3) is 0 Å². The molecule has 0 saturated carbocycles. The van der Waals surface area contributed by atoms with Crippen LogP contribution in [0.5, 0.6) is 0 Å². The number of rotatable bonds is 5. The summed E-state index contributed by atoms with van der Waals surface area (Å²) in [5, 5.41) is 5.36. The van der Waals surface area contributed by atoms with Crippen LogP contribution in [0.4, 0.5) is 0 Å². The molecule has 2 heterocycles. The maximum absolute atomic E-state index is 12.8. The zero-order valence-corrected chi connectivity index (χ0v) is 15.9. The van der Waals surface area contributed by atoms with Crippen LogP contribution in [0, 0.1) is 5.92 Å². The molecule has 1 aliphatic rings. The highest BCUT2D eigenvalue weighted by molar-refractivity contribution is 7.89. The number of hydrogen-bond acceptors (Lipinski definition) is 4. The van der Waals surface area contributed by atoms with Gasteiger partial charge in [-0.2, -0.15) is 4.31 Å². The molecule has 1 unspecified atom stereocenters. The van der Waals surface area contributed by atoms with Gasteiger partial charge in [0.1, 0.15) is 0 Å². The molecular formula is C17H19ClN2O3S2. The Morgan fingerprint density at radius 2 is 2.04 bits per heavy atom. The van der Waals surface area contributed by atoms with Crippen LogP contribution in [-0.4, -0.2) is 31.7 Å². The summed E-state index contributed by atoms with van der Waals surface area (Å²) in [6.07, 6.45) is 1.37. The Labute approximate surface area is 156 Å². The van der Waals surface area contributed by atoms with E-state index in [4.69, 9.17) is 11.6 Å². The lowest BCUT2D eigenvalue weighted by Gasteiger charge is -2.31. The lowest BCUT2D eigenvalue weighted by molar-refractivity contribution is -0.126. The number of sulfonamides is 1. The fraction of sp³-hybridized carbons (Fsp3) is 0.353. The van der Waals surface area contributed by atoms with Crippen molar-refractivity contribution in [2.75, 3.05) is 13.1 Å². The predicted molar refractivity (Wildman–Crippen MR) is 99.1 cm³/mol. The fourth-order valence-electron chi connectivity index (χ4n) is 2.86. The van der Waals surface area contributed by atoms with E-state index in [1.54, 1.807) is 23.5 Å². The molecule has 25 heavy (non-hydrogen) atoms. The molecule has 1 saturated heterocycles. The third kappa shape index (κ3) is 4.41. The van der Waals surface area contributed by atoms with Gasteiger partial charge in [-0.1, -0.05) is 17.7 Å². The zero-order chi connectivity index (χ0) is 17.9. The van der Waals surface area contributed by atoms with Crippen molar-refractivity contribution >= 4 is 38.9 Å². The second-order valence-corrected chi connectivity index (χ2v) is 9.36. The molecule has 2 aromatic rings. The van der Waals surface area contributed by atoms with Crippen LogP contribution >= 0.6 is 22.9 Å². The third-order valence-electron chi connectivity index (χ3n) is 4.22. The minimum Gasteiger partial charge on any atom is -0.351 e. The smallest absolute Gasteiger partial charge is 0.243 e. The van der Waals surface area contributed by atoms with Crippen molar-refractivity contribution in [2.24, 2.45) is 5.92 Å². The summed E-state index contributed by atoms with van der Waals surface area (Å²) in [4.78, 5) is 13.7. The van der Waals surface area contributed by atoms with Crippen molar-refractivity contribution in [3.63, 3.8) is 0 Å². The molecule has 1 aromatic heterocycles.